The summed E-state index contributed by atoms with van der Waals surface area (Å²) in [5.41, 5.74) is 1.33. The van der Waals surface area contributed by atoms with Gasteiger partial charge >= 0.3 is 10.3 Å². The Bertz CT molecular complexity index is 1780. The molecule has 0 radical (unpaired) electrons. The summed E-state index contributed by atoms with van der Waals surface area (Å²) in [5.74, 6) is 0. The van der Waals surface area contributed by atoms with Gasteiger partial charge in [0.2, 0.25) is 0 Å². The maximum absolute atomic E-state index is 13.2. The third kappa shape index (κ3) is 2.44. The van der Waals surface area contributed by atoms with Crippen molar-refractivity contribution in [3.63, 3.8) is 0 Å². The fraction of sp³-hybridized carbons (Fsp3) is 0.0909. The van der Waals surface area contributed by atoms with Crippen LogP contribution in [0.3, 0.4) is 0 Å². The smallest absolute Gasteiger partial charge is 0.343 e. The van der Waals surface area contributed by atoms with Gasteiger partial charge in [-0.3, -0.25) is 14.1 Å². The second-order valence-electron chi connectivity index (χ2n) is 7.38. The lowest BCUT2D eigenvalue weighted by Crippen LogP contribution is -2.19. The molecule has 0 aliphatic carbocycles. The van der Waals surface area contributed by atoms with E-state index in [0.29, 0.717) is 20.4 Å². The van der Waals surface area contributed by atoms with Gasteiger partial charge in [-0.25, -0.2) is 3.97 Å². The van der Waals surface area contributed by atoms with E-state index in [9.17, 15) is 22.6 Å². The molecule has 0 saturated heterocycles. The number of aromatic nitrogens is 2. The van der Waals surface area contributed by atoms with Crippen molar-refractivity contribution in [2.24, 2.45) is 7.05 Å². The largest absolute Gasteiger partial charge is 0.364 e. The molecule has 5 aromatic rings. The highest BCUT2D eigenvalue weighted by atomic mass is 32.2. The molecule has 0 atom stereocenters. The Balaban J connectivity index is 2.16. The molecule has 1 N–H and O–H groups in total. The quantitative estimate of drug-likeness (QED) is 0.332. The van der Waals surface area contributed by atoms with Gasteiger partial charge in [0, 0.05) is 28.6 Å². The lowest BCUT2D eigenvalue weighted by atomic mass is 10.0. The zero-order valence-electron chi connectivity index (χ0n) is 16.1. The van der Waals surface area contributed by atoms with Crippen LogP contribution in [0.5, 0.6) is 0 Å². The highest BCUT2D eigenvalue weighted by Crippen LogP contribution is 2.27. The van der Waals surface area contributed by atoms with Crippen molar-refractivity contribution < 1.29 is 13.0 Å². The molecule has 0 spiro atoms. The topological polar surface area (TPSA) is 98.4 Å². The van der Waals surface area contributed by atoms with Crippen LogP contribution in [0.4, 0.5) is 0 Å². The normalized spacial score (nSPS) is 12.4. The van der Waals surface area contributed by atoms with E-state index in [-0.39, 0.29) is 38.0 Å². The number of nitrogens with zero attached hydrogens (tertiary/aromatic N) is 2. The van der Waals surface area contributed by atoms with Gasteiger partial charge in [-0.1, -0.05) is 23.8 Å². The molecule has 0 bridgehead atoms. The van der Waals surface area contributed by atoms with E-state index < -0.39 is 10.3 Å². The molecular weight excluding hydrogens is 404 g/mol. The molecule has 2 heterocycles. The summed E-state index contributed by atoms with van der Waals surface area (Å²) in [6.07, 6.45) is 0. The summed E-state index contributed by atoms with van der Waals surface area (Å²) >= 11 is 0. The third-order valence-electron chi connectivity index (χ3n) is 5.54. The molecule has 8 heteroatoms. The summed E-state index contributed by atoms with van der Waals surface area (Å²) in [6, 6.07) is 14.7. The van der Waals surface area contributed by atoms with Crippen molar-refractivity contribution in [1.82, 2.24) is 8.54 Å². The molecule has 0 unspecified atom stereocenters. The minimum Gasteiger partial charge on any atom is -0.343 e. The summed E-state index contributed by atoms with van der Waals surface area (Å²) in [5, 5.41) is 1.00. The van der Waals surface area contributed by atoms with Crippen molar-refractivity contribution in [3.8, 4) is 0 Å². The minimum atomic E-state index is -4.75. The molecule has 5 rings (SSSR count). The van der Waals surface area contributed by atoms with Gasteiger partial charge in [0.05, 0.1) is 22.1 Å². The molecule has 0 amide bonds. The summed E-state index contributed by atoms with van der Waals surface area (Å²) in [6.45, 7) is 1.79. The van der Waals surface area contributed by atoms with Crippen LogP contribution >= 0.6 is 0 Å². The molecule has 150 valence electrons. The predicted molar refractivity (Wildman–Crippen MR) is 118 cm³/mol. The van der Waals surface area contributed by atoms with Crippen molar-refractivity contribution >= 4 is 53.9 Å². The standard InChI is InChI=1S/C22H16N2O5S/c1-12-7-8-18-14(9-12)22(26)16-10-19-15(11-20(16)24(18)30(27,28)29)21(25)13-5-3-4-6-17(13)23(19)2/h3-11H,1-2H3,(H,27,28,29). The Labute approximate surface area is 170 Å². The van der Waals surface area contributed by atoms with Crippen LogP contribution in [0.15, 0.2) is 64.2 Å². The van der Waals surface area contributed by atoms with Gasteiger partial charge in [0.25, 0.3) is 0 Å². The van der Waals surface area contributed by atoms with E-state index in [4.69, 9.17) is 0 Å². The van der Waals surface area contributed by atoms with Gasteiger partial charge in [0.15, 0.2) is 10.9 Å². The number of pyridine rings is 2. The molecular formula is C22H16N2O5S. The summed E-state index contributed by atoms with van der Waals surface area (Å²) in [4.78, 5) is 26.4. The van der Waals surface area contributed by atoms with Gasteiger partial charge in [0.1, 0.15) is 0 Å². The van der Waals surface area contributed by atoms with Crippen LogP contribution in [-0.2, 0) is 17.4 Å². The Morgan fingerprint density at radius 1 is 0.733 bits per heavy atom. The predicted octanol–water partition coefficient (Wildman–Crippen LogP) is 3.12. The van der Waals surface area contributed by atoms with Gasteiger partial charge < -0.3 is 4.57 Å². The van der Waals surface area contributed by atoms with Crippen molar-refractivity contribution in [1.29, 1.82) is 0 Å². The monoisotopic (exact) mass is 420 g/mol. The molecule has 0 fully saturated rings. The highest BCUT2D eigenvalue weighted by molar-refractivity contribution is 7.84. The Morgan fingerprint density at radius 2 is 1.33 bits per heavy atom. The number of para-hydroxylation sites is 1. The second-order valence-corrected chi connectivity index (χ2v) is 8.64. The highest BCUT2D eigenvalue weighted by Gasteiger charge is 2.20. The number of benzene rings is 3. The molecule has 0 aliphatic rings. The SMILES string of the molecule is Cc1ccc2c(c1)c(=O)c1cc3c(cc1n2S(=O)(=O)O)c(=O)c1ccccc1n3C. The Kier molecular flexibility index (Phi) is 3.71. The first kappa shape index (κ1) is 18.5. The number of hydrogen-bond acceptors (Lipinski definition) is 4. The van der Waals surface area contributed by atoms with E-state index in [1.807, 2.05) is 6.07 Å². The van der Waals surface area contributed by atoms with E-state index in [1.54, 1.807) is 48.9 Å². The van der Waals surface area contributed by atoms with Gasteiger partial charge in [-0.05, 0) is 43.3 Å². The second kappa shape index (κ2) is 6.01. The lowest BCUT2D eigenvalue weighted by molar-refractivity contribution is 0.476. The van der Waals surface area contributed by atoms with Crippen LogP contribution in [0, 0.1) is 6.92 Å². The van der Waals surface area contributed by atoms with Crippen LogP contribution in [0.2, 0.25) is 0 Å². The van der Waals surface area contributed by atoms with Gasteiger partial charge in [-0.15, -0.1) is 0 Å². The maximum Gasteiger partial charge on any atom is 0.364 e. The number of rotatable bonds is 1. The minimum absolute atomic E-state index is 0.0428. The summed E-state index contributed by atoms with van der Waals surface area (Å²) < 4.78 is 37.1. The third-order valence-corrected chi connectivity index (χ3v) is 6.39. The molecule has 30 heavy (non-hydrogen) atoms. The van der Waals surface area contributed by atoms with Crippen LogP contribution < -0.4 is 10.9 Å². The van der Waals surface area contributed by atoms with E-state index >= 15 is 0 Å². The molecule has 7 nitrogen and oxygen atoms in total. The first-order valence-corrected chi connectivity index (χ1v) is 10.6. The summed E-state index contributed by atoms with van der Waals surface area (Å²) in [7, 11) is -2.97. The van der Waals surface area contributed by atoms with E-state index in [2.05, 4.69) is 0 Å². The first-order valence-electron chi connectivity index (χ1n) is 9.17. The number of fused-ring (bicyclic) bond motifs is 4. The maximum atomic E-state index is 13.2. The van der Waals surface area contributed by atoms with E-state index in [1.165, 1.54) is 18.2 Å². The Morgan fingerprint density at radius 3 is 2.07 bits per heavy atom. The van der Waals surface area contributed by atoms with Crippen LogP contribution in [0.1, 0.15) is 5.56 Å². The molecule has 3 aromatic carbocycles. The van der Waals surface area contributed by atoms with Crippen molar-refractivity contribution in [3.05, 3.63) is 80.6 Å². The molecule has 2 aromatic heterocycles. The van der Waals surface area contributed by atoms with Crippen LogP contribution in [0.25, 0.3) is 43.6 Å². The number of aryl methyl sites for hydroxylation is 2. The number of hydrogen-bond donors (Lipinski definition) is 1. The average molecular weight is 420 g/mol. The van der Waals surface area contributed by atoms with E-state index in [0.717, 1.165) is 5.56 Å². The fourth-order valence-electron chi connectivity index (χ4n) is 4.15. The molecule has 0 aliphatic heterocycles. The van der Waals surface area contributed by atoms with Crippen molar-refractivity contribution in [2.45, 2.75) is 6.92 Å². The molecule has 0 saturated carbocycles. The zero-order valence-corrected chi connectivity index (χ0v) is 16.9. The van der Waals surface area contributed by atoms with Gasteiger partial charge in [-0.2, -0.15) is 8.42 Å². The zero-order chi connectivity index (χ0) is 21.4. The fourth-order valence-corrected chi connectivity index (χ4v) is 4.96. The Hall–Kier alpha value is -3.49. The average Bonchev–Trinajstić information content (AvgIpc) is 2.71. The van der Waals surface area contributed by atoms with Crippen LogP contribution in [-0.4, -0.2) is 21.5 Å². The first-order chi connectivity index (χ1) is 14.2. The lowest BCUT2D eigenvalue weighted by Gasteiger charge is -2.15. The van der Waals surface area contributed by atoms with Crippen molar-refractivity contribution in [2.75, 3.05) is 0 Å².